The van der Waals surface area contributed by atoms with Gasteiger partial charge in [-0.1, -0.05) is 58.4 Å². The molecule has 0 aliphatic carbocycles. The van der Waals surface area contributed by atoms with Crippen LogP contribution < -0.4 is 0 Å². The lowest BCUT2D eigenvalue weighted by molar-refractivity contribution is -0.385. The van der Waals surface area contributed by atoms with E-state index in [2.05, 4.69) is 15.9 Å². The molecule has 1 aliphatic rings. The fraction of sp³-hybridized carbons (Fsp3) is 0.0833. The monoisotopic (exact) mass is 524 g/mol. The maximum Gasteiger partial charge on any atom is 0.311 e. The Kier molecular flexibility index (Phi) is 6.62. The highest BCUT2D eigenvalue weighted by Crippen LogP contribution is 2.38. The van der Waals surface area contributed by atoms with Gasteiger partial charge in [0.1, 0.15) is 0 Å². The quantitative estimate of drug-likeness (QED) is 0.245. The fourth-order valence-corrected chi connectivity index (χ4v) is 4.53. The predicted molar refractivity (Wildman–Crippen MR) is 130 cm³/mol. The largest absolute Gasteiger partial charge is 0.502 e. The molecule has 3 aromatic carbocycles. The molecule has 1 heterocycles. The molecule has 4 rings (SSSR count). The SMILES string of the molecule is O=C1S/C(=C\c2cc(Cc3ccccc3)cc([N+](=O)[O-])c2O)C(=O)N1Cc1ccc(Br)cc1. The number of nitro benzene ring substituents is 1. The molecule has 0 radical (unpaired) electrons. The van der Waals surface area contributed by atoms with Gasteiger partial charge in [0.15, 0.2) is 0 Å². The second-order valence-corrected chi connectivity index (χ2v) is 9.28. The van der Waals surface area contributed by atoms with Crippen molar-refractivity contribution in [2.45, 2.75) is 13.0 Å². The summed E-state index contributed by atoms with van der Waals surface area (Å²) in [5.74, 6) is -1.06. The van der Waals surface area contributed by atoms with Crippen molar-refractivity contribution in [3.63, 3.8) is 0 Å². The number of hydrogen-bond acceptors (Lipinski definition) is 6. The number of hydrogen-bond donors (Lipinski definition) is 1. The summed E-state index contributed by atoms with van der Waals surface area (Å²) in [6.07, 6.45) is 1.75. The van der Waals surface area contributed by atoms with Gasteiger partial charge >= 0.3 is 5.69 Å². The molecule has 9 heteroatoms. The minimum Gasteiger partial charge on any atom is -0.502 e. The van der Waals surface area contributed by atoms with E-state index < -0.39 is 27.5 Å². The molecular weight excluding hydrogens is 508 g/mol. The molecule has 1 aliphatic heterocycles. The van der Waals surface area contributed by atoms with E-state index in [1.54, 1.807) is 18.2 Å². The molecule has 1 N–H and O–H groups in total. The van der Waals surface area contributed by atoms with E-state index in [4.69, 9.17) is 0 Å². The number of phenolic OH excluding ortho intramolecular Hbond substituents is 1. The van der Waals surface area contributed by atoms with Gasteiger partial charge in [-0.2, -0.15) is 0 Å². The molecule has 7 nitrogen and oxygen atoms in total. The van der Waals surface area contributed by atoms with Gasteiger partial charge in [0.25, 0.3) is 11.1 Å². The Morgan fingerprint density at radius 3 is 2.36 bits per heavy atom. The van der Waals surface area contributed by atoms with E-state index in [0.29, 0.717) is 12.0 Å². The molecule has 3 aromatic rings. The zero-order valence-corrected chi connectivity index (χ0v) is 19.5. The van der Waals surface area contributed by atoms with Crippen LogP contribution in [0.15, 0.2) is 76.1 Å². The topological polar surface area (TPSA) is 101 Å². The maximum atomic E-state index is 12.9. The van der Waals surface area contributed by atoms with Crippen LogP contribution in [-0.2, 0) is 17.8 Å². The van der Waals surface area contributed by atoms with Crippen molar-refractivity contribution in [3.8, 4) is 5.75 Å². The lowest BCUT2D eigenvalue weighted by Gasteiger charge is -2.12. The van der Waals surface area contributed by atoms with Crippen molar-refractivity contribution in [2.24, 2.45) is 0 Å². The minimum atomic E-state index is -0.666. The number of nitro groups is 1. The molecule has 0 aromatic heterocycles. The summed E-state index contributed by atoms with van der Waals surface area (Å²) in [5, 5.41) is 21.5. The van der Waals surface area contributed by atoms with Gasteiger partial charge < -0.3 is 5.11 Å². The number of carbonyl (C=O) groups excluding carboxylic acids is 2. The first-order valence-corrected chi connectivity index (χ1v) is 11.5. The average Bonchev–Trinajstić information content (AvgIpc) is 3.05. The normalized spacial score (nSPS) is 14.8. The van der Waals surface area contributed by atoms with Gasteiger partial charge in [0.05, 0.1) is 16.4 Å². The minimum absolute atomic E-state index is 0.0959. The lowest BCUT2D eigenvalue weighted by atomic mass is 10.0. The molecule has 0 spiro atoms. The van der Waals surface area contributed by atoms with Gasteiger partial charge in [-0.15, -0.1) is 0 Å². The molecular formula is C24H17BrN2O5S. The van der Waals surface area contributed by atoms with Crippen LogP contribution in [0.4, 0.5) is 10.5 Å². The molecule has 2 amide bonds. The van der Waals surface area contributed by atoms with Gasteiger partial charge in [0.2, 0.25) is 5.75 Å². The number of amides is 2. The number of phenols is 1. The number of carbonyl (C=O) groups is 2. The lowest BCUT2D eigenvalue weighted by Crippen LogP contribution is -2.27. The van der Waals surface area contributed by atoms with Crippen LogP contribution in [0.1, 0.15) is 22.3 Å². The highest BCUT2D eigenvalue weighted by atomic mass is 79.9. The van der Waals surface area contributed by atoms with E-state index in [0.717, 1.165) is 32.3 Å². The van der Waals surface area contributed by atoms with E-state index >= 15 is 0 Å². The van der Waals surface area contributed by atoms with Crippen molar-refractivity contribution in [1.82, 2.24) is 4.90 Å². The number of rotatable bonds is 6. The molecule has 0 saturated carbocycles. The van der Waals surface area contributed by atoms with Gasteiger partial charge in [-0.25, -0.2) is 0 Å². The Hall–Kier alpha value is -3.43. The molecule has 1 saturated heterocycles. The van der Waals surface area contributed by atoms with Crippen LogP contribution in [0.25, 0.3) is 6.08 Å². The van der Waals surface area contributed by atoms with Crippen molar-refractivity contribution < 1.29 is 19.6 Å². The van der Waals surface area contributed by atoms with Crippen LogP contribution in [-0.4, -0.2) is 26.1 Å². The number of halogens is 1. The van der Waals surface area contributed by atoms with Crippen molar-refractivity contribution in [3.05, 3.63) is 108 Å². The molecule has 0 atom stereocenters. The first-order chi connectivity index (χ1) is 15.8. The first kappa shape index (κ1) is 22.8. The summed E-state index contributed by atoms with van der Waals surface area (Å²) >= 11 is 4.09. The third-order valence-electron chi connectivity index (χ3n) is 5.04. The van der Waals surface area contributed by atoms with E-state index in [1.165, 1.54) is 12.1 Å². The highest BCUT2D eigenvalue weighted by molar-refractivity contribution is 9.10. The Balaban J connectivity index is 1.65. The third-order valence-corrected chi connectivity index (χ3v) is 6.48. The number of benzene rings is 3. The second kappa shape index (κ2) is 9.60. The van der Waals surface area contributed by atoms with Crippen LogP contribution in [0.5, 0.6) is 5.75 Å². The Labute approximate surface area is 202 Å². The van der Waals surface area contributed by atoms with Gasteiger partial charge in [-0.3, -0.25) is 24.6 Å². The zero-order valence-electron chi connectivity index (χ0n) is 17.1. The first-order valence-electron chi connectivity index (χ1n) is 9.86. The Morgan fingerprint density at radius 2 is 1.70 bits per heavy atom. The maximum absolute atomic E-state index is 12.9. The number of imide groups is 1. The summed E-state index contributed by atoms with van der Waals surface area (Å²) in [4.78, 5) is 37.4. The molecule has 0 bridgehead atoms. The Morgan fingerprint density at radius 1 is 1.00 bits per heavy atom. The molecule has 0 unspecified atom stereocenters. The van der Waals surface area contributed by atoms with Crippen molar-refractivity contribution in [2.75, 3.05) is 0 Å². The van der Waals surface area contributed by atoms with E-state index in [-0.39, 0.29) is 17.0 Å². The number of aromatic hydroxyl groups is 1. The van der Waals surface area contributed by atoms with Crippen LogP contribution >= 0.6 is 27.7 Å². The van der Waals surface area contributed by atoms with Crippen LogP contribution in [0.3, 0.4) is 0 Å². The van der Waals surface area contributed by atoms with Gasteiger partial charge in [-0.05, 0) is 59.1 Å². The predicted octanol–water partition coefficient (Wildman–Crippen LogP) is 5.89. The molecule has 166 valence electrons. The smallest absolute Gasteiger partial charge is 0.311 e. The van der Waals surface area contributed by atoms with Crippen LogP contribution in [0, 0.1) is 10.1 Å². The molecule has 1 fully saturated rings. The van der Waals surface area contributed by atoms with Gasteiger partial charge in [0, 0.05) is 16.1 Å². The number of nitrogens with zero attached hydrogens (tertiary/aromatic N) is 2. The second-order valence-electron chi connectivity index (χ2n) is 7.37. The summed E-state index contributed by atoms with van der Waals surface area (Å²) in [5.41, 5.74) is 1.99. The van der Waals surface area contributed by atoms with Crippen molar-refractivity contribution in [1.29, 1.82) is 0 Å². The summed E-state index contributed by atoms with van der Waals surface area (Å²) in [6.45, 7) is 0.107. The molecule has 33 heavy (non-hydrogen) atoms. The fourth-order valence-electron chi connectivity index (χ4n) is 3.43. The third kappa shape index (κ3) is 5.15. The average molecular weight is 525 g/mol. The standard InChI is InChI=1S/C24H17BrN2O5S/c25-19-8-6-16(7-9-19)14-26-23(29)21(33-24(26)30)13-18-11-17(10-15-4-2-1-3-5-15)12-20(22(18)28)27(31)32/h1-9,11-13,28H,10,14H2/b21-13-. The van der Waals surface area contributed by atoms with E-state index in [1.807, 2.05) is 42.5 Å². The number of thioether (sulfide) groups is 1. The Bertz CT molecular complexity index is 1280. The van der Waals surface area contributed by atoms with Crippen molar-refractivity contribution >= 4 is 50.6 Å². The zero-order chi connectivity index (χ0) is 23.5. The summed E-state index contributed by atoms with van der Waals surface area (Å²) < 4.78 is 0.882. The highest BCUT2D eigenvalue weighted by Gasteiger charge is 2.35. The van der Waals surface area contributed by atoms with E-state index in [9.17, 15) is 24.8 Å². The summed E-state index contributed by atoms with van der Waals surface area (Å²) in [6, 6.07) is 19.6. The summed E-state index contributed by atoms with van der Waals surface area (Å²) in [7, 11) is 0. The van der Waals surface area contributed by atoms with Crippen LogP contribution in [0.2, 0.25) is 0 Å².